The maximum Gasteiger partial charge on any atom is 0.147 e. The van der Waals surface area contributed by atoms with Crippen LogP contribution in [-0.2, 0) is 9.47 Å². The summed E-state index contributed by atoms with van der Waals surface area (Å²) in [4.78, 5) is 6.60. The highest BCUT2D eigenvalue weighted by atomic mass is 35.5. The number of allylic oxidation sites excluding steroid dienone is 2. The Morgan fingerprint density at radius 1 is 1.33 bits per heavy atom. The van der Waals surface area contributed by atoms with Gasteiger partial charge in [0.05, 0.1) is 19.3 Å². The number of nitrogens with zero attached hydrogens (tertiary/aromatic N) is 3. The molecule has 2 rings (SSSR count). The molecule has 0 radical (unpaired) electrons. The maximum absolute atomic E-state index is 6.13. The zero-order valence-corrected chi connectivity index (χ0v) is 13.7. The molecule has 1 aromatic heterocycles. The molecule has 1 aliphatic heterocycles. The van der Waals surface area contributed by atoms with Crippen LogP contribution < -0.4 is 0 Å². The quantitative estimate of drug-likeness (QED) is 0.809. The van der Waals surface area contributed by atoms with E-state index in [0.29, 0.717) is 18.4 Å². The van der Waals surface area contributed by atoms with Crippen LogP contribution in [0.25, 0.3) is 5.57 Å². The van der Waals surface area contributed by atoms with Crippen LogP contribution in [0.15, 0.2) is 24.0 Å². The Labute approximate surface area is 130 Å². The molecular formula is C15H22ClN3O2. The summed E-state index contributed by atoms with van der Waals surface area (Å²) in [6.45, 7) is 4.12. The van der Waals surface area contributed by atoms with E-state index in [1.807, 2.05) is 17.8 Å². The molecule has 0 saturated carbocycles. The van der Waals surface area contributed by atoms with E-state index in [1.165, 1.54) is 5.57 Å². The van der Waals surface area contributed by atoms with Crippen molar-refractivity contribution in [2.45, 2.75) is 13.0 Å². The average Bonchev–Trinajstić information content (AvgIpc) is 2.79. The summed E-state index contributed by atoms with van der Waals surface area (Å²) in [6, 6.07) is 0.0387. The van der Waals surface area contributed by atoms with Crippen LogP contribution in [0, 0.1) is 0 Å². The first-order chi connectivity index (χ1) is 10.0. The van der Waals surface area contributed by atoms with E-state index < -0.39 is 0 Å². The Hall–Kier alpha value is -1.30. The molecule has 0 saturated heterocycles. The van der Waals surface area contributed by atoms with Crippen LogP contribution in [0.4, 0.5) is 0 Å². The number of aromatic nitrogens is 2. The largest absolute Gasteiger partial charge is 0.382 e. The van der Waals surface area contributed by atoms with E-state index in [-0.39, 0.29) is 6.04 Å². The third kappa shape index (κ3) is 3.87. The van der Waals surface area contributed by atoms with Gasteiger partial charge < -0.3 is 18.9 Å². The number of hydrogen-bond acceptors (Lipinski definition) is 4. The standard InChI is InChI=1S/C15H22ClN3O2/c1-11-5-12(7-18(2)6-11)15-17-14(16)8-19(15)13(9-20-3)10-21-4/h5,7-8,13H,6,9-10H2,1-4H3. The molecule has 0 spiro atoms. The Morgan fingerprint density at radius 3 is 2.57 bits per heavy atom. The molecule has 0 aliphatic carbocycles. The van der Waals surface area contributed by atoms with Gasteiger partial charge in [-0.15, -0.1) is 0 Å². The summed E-state index contributed by atoms with van der Waals surface area (Å²) in [7, 11) is 5.41. The van der Waals surface area contributed by atoms with Gasteiger partial charge in [0.25, 0.3) is 0 Å². The number of hydrogen-bond donors (Lipinski definition) is 0. The van der Waals surface area contributed by atoms with Crippen molar-refractivity contribution in [3.05, 3.63) is 35.0 Å². The highest BCUT2D eigenvalue weighted by molar-refractivity contribution is 6.29. The number of methoxy groups -OCH3 is 2. The molecule has 0 N–H and O–H groups in total. The molecule has 116 valence electrons. The SMILES string of the molecule is COCC(COC)n1cc(Cl)nc1C1=CN(C)CC(C)=C1. The third-order valence-corrected chi connectivity index (χ3v) is 3.51. The molecule has 2 heterocycles. The van der Waals surface area contributed by atoms with Crippen LogP contribution in [0.1, 0.15) is 18.8 Å². The monoisotopic (exact) mass is 311 g/mol. The molecule has 1 aliphatic rings. The minimum atomic E-state index is 0.0387. The van der Waals surface area contributed by atoms with Crippen LogP contribution in [0.2, 0.25) is 5.15 Å². The van der Waals surface area contributed by atoms with Crippen molar-refractivity contribution < 1.29 is 9.47 Å². The Balaban J connectivity index is 2.40. The van der Waals surface area contributed by atoms with Gasteiger partial charge >= 0.3 is 0 Å². The molecule has 5 nitrogen and oxygen atoms in total. The fraction of sp³-hybridized carbons (Fsp3) is 0.533. The second kappa shape index (κ2) is 7.11. The summed E-state index contributed by atoms with van der Waals surface area (Å²) >= 11 is 6.13. The zero-order valence-electron chi connectivity index (χ0n) is 13.0. The van der Waals surface area contributed by atoms with Gasteiger partial charge in [0.15, 0.2) is 0 Å². The maximum atomic E-state index is 6.13. The summed E-state index contributed by atoms with van der Waals surface area (Å²) < 4.78 is 12.6. The summed E-state index contributed by atoms with van der Waals surface area (Å²) in [6.07, 6.45) is 6.06. The van der Waals surface area contributed by atoms with Gasteiger partial charge in [-0.3, -0.25) is 0 Å². The van der Waals surface area contributed by atoms with Crippen LogP contribution in [0.5, 0.6) is 0 Å². The molecule has 6 heteroatoms. The van der Waals surface area contributed by atoms with E-state index in [9.17, 15) is 0 Å². The minimum Gasteiger partial charge on any atom is -0.382 e. The predicted molar refractivity (Wildman–Crippen MR) is 84.4 cm³/mol. The lowest BCUT2D eigenvalue weighted by Gasteiger charge is -2.24. The highest BCUT2D eigenvalue weighted by Gasteiger charge is 2.20. The summed E-state index contributed by atoms with van der Waals surface area (Å²) in [5.74, 6) is 0.838. The van der Waals surface area contributed by atoms with Gasteiger partial charge in [0.2, 0.25) is 0 Å². The minimum absolute atomic E-state index is 0.0387. The molecule has 0 fully saturated rings. The number of halogens is 1. The summed E-state index contributed by atoms with van der Waals surface area (Å²) in [5.41, 5.74) is 2.33. The third-order valence-electron chi connectivity index (χ3n) is 3.33. The lowest BCUT2D eigenvalue weighted by molar-refractivity contribution is 0.0890. The second-order valence-electron chi connectivity index (χ2n) is 5.35. The average molecular weight is 312 g/mol. The molecule has 0 unspecified atom stereocenters. The van der Waals surface area contributed by atoms with Crippen LogP contribution in [-0.4, -0.2) is 55.5 Å². The highest BCUT2D eigenvalue weighted by Crippen LogP contribution is 2.26. The van der Waals surface area contributed by atoms with Crippen molar-refractivity contribution >= 4 is 17.2 Å². The second-order valence-corrected chi connectivity index (χ2v) is 5.74. The molecule has 1 aromatic rings. The number of ether oxygens (including phenoxy) is 2. The Bertz CT molecular complexity index is 545. The lowest BCUT2D eigenvalue weighted by Crippen LogP contribution is -2.23. The first-order valence-corrected chi connectivity index (χ1v) is 7.24. The molecule has 0 amide bonds. The van der Waals surface area contributed by atoms with Crippen molar-refractivity contribution in [1.29, 1.82) is 0 Å². The zero-order chi connectivity index (χ0) is 15.4. The van der Waals surface area contributed by atoms with Crippen molar-refractivity contribution in [3.8, 4) is 0 Å². The normalized spacial score (nSPS) is 15.4. The fourth-order valence-electron chi connectivity index (χ4n) is 2.60. The van der Waals surface area contributed by atoms with Crippen molar-refractivity contribution in [1.82, 2.24) is 14.5 Å². The van der Waals surface area contributed by atoms with Crippen molar-refractivity contribution in [2.75, 3.05) is 41.0 Å². The first kappa shape index (κ1) is 16.1. The molecular weight excluding hydrogens is 290 g/mol. The van der Waals surface area contributed by atoms with Crippen molar-refractivity contribution in [2.24, 2.45) is 0 Å². The Kier molecular flexibility index (Phi) is 5.45. The Morgan fingerprint density at radius 2 is 2.00 bits per heavy atom. The van der Waals surface area contributed by atoms with E-state index in [0.717, 1.165) is 17.9 Å². The molecule has 0 aromatic carbocycles. The van der Waals surface area contributed by atoms with Gasteiger partial charge in [-0.1, -0.05) is 17.2 Å². The van der Waals surface area contributed by atoms with Crippen LogP contribution in [0.3, 0.4) is 0 Å². The molecule has 0 bridgehead atoms. The molecule has 21 heavy (non-hydrogen) atoms. The van der Waals surface area contributed by atoms with Gasteiger partial charge in [-0.2, -0.15) is 0 Å². The number of likely N-dealkylation sites (N-methyl/N-ethyl adjacent to an activating group) is 1. The predicted octanol–water partition coefficient (Wildman–Crippen LogP) is 2.60. The number of imidazole rings is 1. The van der Waals surface area contributed by atoms with Crippen LogP contribution >= 0.6 is 11.6 Å². The van der Waals surface area contributed by atoms with E-state index >= 15 is 0 Å². The van der Waals surface area contributed by atoms with E-state index in [1.54, 1.807) is 14.2 Å². The topological polar surface area (TPSA) is 39.5 Å². The smallest absolute Gasteiger partial charge is 0.147 e. The molecule has 0 atom stereocenters. The van der Waals surface area contributed by atoms with E-state index in [2.05, 4.69) is 29.1 Å². The van der Waals surface area contributed by atoms with Gasteiger partial charge in [0.1, 0.15) is 11.0 Å². The lowest BCUT2D eigenvalue weighted by atomic mass is 10.1. The van der Waals surface area contributed by atoms with E-state index in [4.69, 9.17) is 21.1 Å². The fourth-order valence-corrected chi connectivity index (χ4v) is 2.78. The van der Waals surface area contributed by atoms with Gasteiger partial charge in [-0.05, 0) is 13.0 Å². The van der Waals surface area contributed by atoms with Crippen molar-refractivity contribution in [3.63, 3.8) is 0 Å². The van der Waals surface area contributed by atoms with Gasteiger partial charge in [0, 0.05) is 45.8 Å². The number of rotatable bonds is 6. The first-order valence-electron chi connectivity index (χ1n) is 6.87. The van der Waals surface area contributed by atoms with Gasteiger partial charge in [-0.25, -0.2) is 4.98 Å². The summed E-state index contributed by atoms with van der Waals surface area (Å²) in [5, 5.41) is 0.474.